The molecule has 3 heterocycles. The molecular formula is C27H21N3O4S2. The van der Waals surface area contributed by atoms with Crippen LogP contribution < -0.4 is 5.32 Å². The van der Waals surface area contributed by atoms with Crippen LogP contribution in [0.4, 0.5) is 0 Å². The summed E-state index contributed by atoms with van der Waals surface area (Å²) in [7, 11) is 0. The Morgan fingerprint density at radius 1 is 1.06 bits per heavy atom. The van der Waals surface area contributed by atoms with E-state index in [2.05, 4.69) is 11.4 Å². The van der Waals surface area contributed by atoms with Gasteiger partial charge in [-0.15, -0.1) is 23.1 Å². The number of thiophene rings is 1. The van der Waals surface area contributed by atoms with Crippen LogP contribution in [0.1, 0.15) is 22.1 Å². The Bertz CT molecular complexity index is 1310. The summed E-state index contributed by atoms with van der Waals surface area (Å²) in [6, 6.07) is 23.6. The van der Waals surface area contributed by atoms with Gasteiger partial charge >= 0.3 is 5.97 Å². The van der Waals surface area contributed by atoms with Crippen molar-refractivity contribution in [1.29, 1.82) is 5.26 Å². The molecule has 0 bridgehead atoms. The fraction of sp³-hybridized carbons (Fsp3) is 0.185. The van der Waals surface area contributed by atoms with Crippen LogP contribution >= 0.6 is 23.1 Å². The van der Waals surface area contributed by atoms with E-state index < -0.39 is 29.4 Å². The Hall–Kier alpha value is -3.87. The summed E-state index contributed by atoms with van der Waals surface area (Å²) in [5, 5.41) is 13.9. The molecule has 2 atom stereocenters. The normalized spacial score (nSPS) is 18.8. The van der Waals surface area contributed by atoms with Gasteiger partial charge in [-0.3, -0.25) is 14.5 Å². The van der Waals surface area contributed by atoms with Gasteiger partial charge in [0, 0.05) is 10.6 Å². The molecule has 0 aliphatic carbocycles. The van der Waals surface area contributed by atoms with Crippen LogP contribution in [0.25, 0.3) is 0 Å². The lowest BCUT2D eigenvalue weighted by Crippen LogP contribution is -2.70. The summed E-state index contributed by atoms with van der Waals surface area (Å²) in [5.74, 6) is -1.19. The number of ether oxygens (including phenoxy) is 1. The highest BCUT2D eigenvalue weighted by atomic mass is 32.2. The first-order valence-corrected chi connectivity index (χ1v) is 13.2. The molecule has 0 saturated carbocycles. The van der Waals surface area contributed by atoms with Gasteiger partial charge in [-0.2, -0.15) is 5.26 Å². The Balaban J connectivity index is 1.36. The molecule has 9 heteroatoms. The van der Waals surface area contributed by atoms with Crippen molar-refractivity contribution in [2.45, 2.75) is 23.9 Å². The predicted molar refractivity (Wildman–Crippen MR) is 137 cm³/mol. The topological polar surface area (TPSA) is 99.5 Å². The number of rotatable bonds is 7. The van der Waals surface area contributed by atoms with Gasteiger partial charge in [0.1, 0.15) is 17.1 Å². The summed E-state index contributed by atoms with van der Waals surface area (Å²) < 4.78 is 5.94. The van der Waals surface area contributed by atoms with E-state index in [9.17, 15) is 19.6 Å². The molecule has 7 nitrogen and oxygen atoms in total. The van der Waals surface area contributed by atoms with Crippen molar-refractivity contribution >= 4 is 40.9 Å². The number of hydrogen-bond donors (Lipinski definition) is 1. The van der Waals surface area contributed by atoms with Crippen LogP contribution in [0, 0.1) is 11.3 Å². The van der Waals surface area contributed by atoms with Gasteiger partial charge in [-0.1, -0.05) is 66.7 Å². The standard InChI is InChI=1S/C27H21N3O4S2/c28-15-19-16-36-26-22(29-21(31)14-20-12-7-13-35-20)25(32)30(26)23(19)27(33)34-24(17-8-3-1-4-9-17)18-10-5-2-6-11-18/h1-13,22,24,26H,14,16H2,(H,29,31)/t22-,26-/m1/s1. The summed E-state index contributed by atoms with van der Waals surface area (Å²) in [4.78, 5) is 41.2. The molecule has 2 aliphatic rings. The molecule has 2 aliphatic heterocycles. The largest absolute Gasteiger partial charge is 0.448 e. The number of benzene rings is 2. The maximum atomic E-state index is 13.5. The number of nitrogens with zero attached hydrogens (tertiary/aromatic N) is 2. The zero-order chi connectivity index (χ0) is 25.1. The van der Waals surface area contributed by atoms with Crippen molar-refractivity contribution in [3.8, 4) is 6.07 Å². The van der Waals surface area contributed by atoms with Crippen LogP contribution in [-0.4, -0.2) is 39.9 Å². The Morgan fingerprint density at radius 2 is 1.72 bits per heavy atom. The first kappa shape index (κ1) is 23.9. The first-order chi connectivity index (χ1) is 17.6. The van der Waals surface area contributed by atoms with Crippen molar-refractivity contribution in [2.24, 2.45) is 0 Å². The number of fused-ring (bicyclic) bond motifs is 1. The summed E-state index contributed by atoms with van der Waals surface area (Å²) >= 11 is 2.82. The minimum Gasteiger partial charge on any atom is -0.448 e. The Kier molecular flexibility index (Phi) is 6.89. The van der Waals surface area contributed by atoms with E-state index in [1.807, 2.05) is 78.2 Å². The van der Waals surface area contributed by atoms with Gasteiger partial charge in [0.25, 0.3) is 5.91 Å². The molecule has 3 aromatic rings. The molecular weight excluding hydrogens is 494 g/mol. The average Bonchev–Trinajstić information content (AvgIpc) is 3.43. The fourth-order valence-corrected chi connectivity index (χ4v) is 6.22. The number of carbonyl (C=O) groups is 3. The lowest BCUT2D eigenvalue weighted by atomic mass is 10.0. The zero-order valence-corrected chi connectivity index (χ0v) is 20.6. The second kappa shape index (κ2) is 10.4. The molecule has 0 radical (unpaired) electrons. The second-order valence-electron chi connectivity index (χ2n) is 8.26. The smallest absolute Gasteiger partial charge is 0.357 e. The minimum atomic E-state index is -0.760. The average molecular weight is 516 g/mol. The molecule has 1 aromatic heterocycles. The van der Waals surface area contributed by atoms with E-state index in [1.54, 1.807) is 0 Å². The van der Waals surface area contributed by atoms with E-state index in [0.29, 0.717) is 0 Å². The van der Waals surface area contributed by atoms with Crippen LogP contribution in [0.5, 0.6) is 0 Å². The maximum absolute atomic E-state index is 13.5. The van der Waals surface area contributed by atoms with Crippen LogP contribution in [0.2, 0.25) is 0 Å². The molecule has 2 aromatic carbocycles. The number of thioether (sulfide) groups is 1. The van der Waals surface area contributed by atoms with E-state index in [-0.39, 0.29) is 29.4 Å². The van der Waals surface area contributed by atoms with Gasteiger partial charge in [0.2, 0.25) is 5.91 Å². The SMILES string of the molecule is N#CC1=C(C(=O)OC(c2ccccc2)c2ccccc2)N2C(=O)[C@@H](NC(=O)Cc3cccs3)[C@H]2SC1. The van der Waals surface area contributed by atoms with Crippen LogP contribution in [-0.2, 0) is 25.5 Å². The Morgan fingerprint density at radius 3 is 2.31 bits per heavy atom. The van der Waals surface area contributed by atoms with Crippen molar-refractivity contribution in [2.75, 3.05) is 5.75 Å². The number of amides is 2. The molecule has 36 heavy (non-hydrogen) atoms. The molecule has 180 valence electrons. The summed E-state index contributed by atoms with van der Waals surface area (Å²) in [6.07, 6.45) is -0.527. The summed E-state index contributed by atoms with van der Waals surface area (Å²) in [6.45, 7) is 0. The quantitative estimate of drug-likeness (QED) is 0.380. The second-order valence-corrected chi connectivity index (χ2v) is 10.4. The first-order valence-electron chi connectivity index (χ1n) is 11.3. The van der Waals surface area contributed by atoms with Gasteiger partial charge in [0.15, 0.2) is 6.10 Å². The van der Waals surface area contributed by atoms with Crippen molar-refractivity contribution in [3.63, 3.8) is 0 Å². The number of hydrogen-bond acceptors (Lipinski definition) is 7. The highest BCUT2D eigenvalue weighted by Gasteiger charge is 2.54. The van der Waals surface area contributed by atoms with Gasteiger partial charge in [-0.25, -0.2) is 4.79 Å². The third-order valence-electron chi connectivity index (χ3n) is 5.96. The minimum absolute atomic E-state index is 0.0492. The lowest BCUT2D eigenvalue weighted by Gasteiger charge is -2.49. The number of nitrogens with one attached hydrogen (secondary N) is 1. The van der Waals surface area contributed by atoms with Gasteiger partial charge in [0.05, 0.1) is 18.1 Å². The number of esters is 1. The maximum Gasteiger partial charge on any atom is 0.357 e. The van der Waals surface area contributed by atoms with Gasteiger partial charge < -0.3 is 10.1 Å². The molecule has 2 amide bonds. The van der Waals surface area contributed by atoms with Crippen molar-refractivity contribution in [3.05, 3.63) is 105 Å². The number of nitriles is 1. The monoisotopic (exact) mass is 515 g/mol. The lowest BCUT2D eigenvalue weighted by molar-refractivity contribution is -0.154. The number of β-lactam (4-membered cyclic amide) rings is 1. The van der Waals surface area contributed by atoms with E-state index in [4.69, 9.17) is 4.74 Å². The highest BCUT2D eigenvalue weighted by Crippen LogP contribution is 2.41. The van der Waals surface area contributed by atoms with Crippen LogP contribution in [0.15, 0.2) is 89.4 Å². The molecule has 0 spiro atoms. The van der Waals surface area contributed by atoms with E-state index in [0.717, 1.165) is 16.0 Å². The molecule has 1 saturated heterocycles. The van der Waals surface area contributed by atoms with E-state index in [1.165, 1.54) is 28.0 Å². The predicted octanol–water partition coefficient (Wildman–Crippen LogP) is 3.80. The van der Waals surface area contributed by atoms with Gasteiger partial charge in [-0.05, 0) is 22.6 Å². The molecule has 1 N–H and O–H groups in total. The molecule has 0 unspecified atom stereocenters. The van der Waals surface area contributed by atoms with Crippen LogP contribution in [0.3, 0.4) is 0 Å². The summed E-state index contributed by atoms with van der Waals surface area (Å²) in [5.41, 5.74) is 1.67. The highest BCUT2D eigenvalue weighted by molar-refractivity contribution is 8.00. The molecule has 1 fully saturated rings. The van der Waals surface area contributed by atoms with Crippen molar-refractivity contribution < 1.29 is 19.1 Å². The van der Waals surface area contributed by atoms with Crippen molar-refractivity contribution in [1.82, 2.24) is 10.2 Å². The number of carbonyl (C=O) groups excluding carboxylic acids is 3. The Labute approximate surface area is 216 Å². The fourth-order valence-electron chi connectivity index (χ4n) is 4.24. The zero-order valence-electron chi connectivity index (χ0n) is 19.0. The third kappa shape index (κ3) is 4.65. The molecule has 5 rings (SSSR count). The van der Waals surface area contributed by atoms with E-state index >= 15 is 0 Å². The third-order valence-corrected chi connectivity index (χ3v) is 8.11.